The smallest absolute Gasteiger partial charge is 0.340 e. The van der Waals surface area contributed by atoms with Crippen LogP contribution in [-0.2, 0) is 27.2 Å². The molecule has 2 heterocycles. The highest BCUT2D eigenvalue weighted by Crippen LogP contribution is 2.29. The molecule has 0 spiro atoms. The number of esters is 1. The molecule has 0 unspecified atom stereocenters. The van der Waals surface area contributed by atoms with Crippen molar-refractivity contribution >= 4 is 16.9 Å². The molecule has 1 fully saturated rings. The number of rotatable bonds is 6. The Morgan fingerprint density at radius 1 is 1.38 bits per heavy atom. The van der Waals surface area contributed by atoms with E-state index in [-0.39, 0.29) is 23.8 Å². The summed E-state index contributed by atoms with van der Waals surface area (Å²) >= 11 is 0. The van der Waals surface area contributed by atoms with E-state index >= 15 is 0 Å². The summed E-state index contributed by atoms with van der Waals surface area (Å²) in [4.78, 5) is 23.9. The van der Waals surface area contributed by atoms with Crippen LogP contribution in [0.2, 0.25) is 0 Å². The minimum absolute atomic E-state index is 0.0561. The molecule has 0 amide bonds. The second kappa shape index (κ2) is 7.88. The zero-order valence-electron chi connectivity index (χ0n) is 15.0. The Hall–Kier alpha value is -2.38. The monoisotopic (exact) mass is 361 g/mol. The number of methoxy groups -OCH3 is 1. The van der Waals surface area contributed by atoms with Crippen LogP contribution >= 0.6 is 0 Å². The fourth-order valence-corrected chi connectivity index (χ4v) is 3.25. The Morgan fingerprint density at radius 3 is 2.88 bits per heavy atom. The summed E-state index contributed by atoms with van der Waals surface area (Å²) in [5.41, 5.74) is 1.19. The van der Waals surface area contributed by atoms with E-state index in [4.69, 9.17) is 9.15 Å². The van der Waals surface area contributed by atoms with Crippen LogP contribution in [0.25, 0.3) is 11.0 Å². The van der Waals surface area contributed by atoms with Gasteiger partial charge in [0.2, 0.25) is 0 Å². The van der Waals surface area contributed by atoms with Gasteiger partial charge in [0.1, 0.15) is 11.3 Å². The average molecular weight is 361 g/mol. The van der Waals surface area contributed by atoms with Crippen LogP contribution in [0.5, 0.6) is 5.75 Å². The standard InChI is InChI=1S/C19H23NO6/c1-11-13-5-6-16(21)15(10-20-9-12-4-3-7-25-12)18(13)26-19(23)14(11)8-17(22)24-2/h5-6,12,20-21H,3-4,7-10H2,1-2H3/t12-/m0/s1. The lowest BCUT2D eigenvalue weighted by Crippen LogP contribution is -2.26. The minimum Gasteiger partial charge on any atom is -0.507 e. The number of hydrogen-bond donors (Lipinski definition) is 2. The van der Waals surface area contributed by atoms with Gasteiger partial charge in [0, 0.05) is 25.1 Å². The lowest BCUT2D eigenvalue weighted by Gasteiger charge is -2.14. The van der Waals surface area contributed by atoms with Gasteiger partial charge in [-0.2, -0.15) is 0 Å². The van der Waals surface area contributed by atoms with Crippen LogP contribution in [0.3, 0.4) is 0 Å². The van der Waals surface area contributed by atoms with Gasteiger partial charge in [0.05, 0.1) is 30.8 Å². The molecule has 7 nitrogen and oxygen atoms in total. The molecule has 1 saturated heterocycles. The third-order valence-corrected chi connectivity index (χ3v) is 4.78. The van der Waals surface area contributed by atoms with E-state index in [1.807, 2.05) is 0 Å². The van der Waals surface area contributed by atoms with Crippen molar-refractivity contribution in [3.8, 4) is 5.75 Å². The largest absolute Gasteiger partial charge is 0.507 e. The fourth-order valence-electron chi connectivity index (χ4n) is 3.25. The van der Waals surface area contributed by atoms with Crippen LogP contribution in [0.1, 0.15) is 29.5 Å². The molecule has 1 atom stereocenters. The molecule has 0 saturated carbocycles. The summed E-state index contributed by atoms with van der Waals surface area (Å²) in [6.07, 6.45) is 2.10. The molecule has 7 heteroatoms. The molecule has 1 aromatic carbocycles. The van der Waals surface area contributed by atoms with E-state index in [1.165, 1.54) is 7.11 Å². The normalized spacial score (nSPS) is 16.9. The first-order chi connectivity index (χ1) is 12.5. The third-order valence-electron chi connectivity index (χ3n) is 4.78. The van der Waals surface area contributed by atoms with Crippen LogP contribution in [0.4, 0.5) is 0 Å². The predicted octanol–water partition coefficient (Wildman–Crippen LogP) is 1.79. The van der Waals surface area contributed by atoms with E-state index in [0.29, 0.717) is 35.2 Å². The van der Waals surface area contributed by atoms with Gasteiger partial charge in [-0.15, -0.1) is 0 Å². The number of benzene rings is 1. The van der Waals surface area contributed by atoms with Gasteiger partial charge in [-0.05, 0) is 37.5 Å². The summed E-state index contributed by atoms with van der Waals surface area (Å²) in [5.74, 6) is -0.447. The van der Waals surface area contributed by atoms with Gasteiger partial charge < -0.3 is 24.3 Å². The molecule has 3 rings (SSSR count). The summed E-state index contributed by atoms with van der Waals surface area (Å²) in [5, 5.41) is 14.2. The van der Waals surface area contributed by atoms with E-state index < -0.39 is 11.6 Å². The summed E-state index contributed by atoms with van der Waals surface area (Å²) in [6, 6.07) is 3.26. The van der Waals surface area contributed by atoms with Crippen molar-refractivity contribution in [2.24, 2.45) is 0 Å². The van der Waals surface area contributed by atoms with E-state index in [1.54, 1.807) is 19.1 Å². The summed E-state index contributed by atoms with van der Waals surface area (Å²) < 4.78 is 15.7. The Labute approximate surface area is 150 Å². The first-order valence-corrected chi connectivity index (χ1v) is 8.67. The van der Waals surface area contributed by atoms with Gasteiger partial charge in [0.15, 0.2) is 0 Å². The topological polar surface area (TPSA) is 98.0 Å². The van der Waals surface area contributed by atoms with Crippen molar-refractivity contribution in [1.82, 2.24) is 5.32 Å². The maximum Gasteiger partial charge on any atom is 0.340 e. The lowest BCUT2D eigenvalue weighted by molar-refractivity contribution is -0.139. The minimum atomic E-state index is -0.591. The summed E-state index contributed by atoms with van der Waals surface area (Å²) in [6.45, 7) is 3.56. The van der Waals surface area contributed by atoms with E-state index in [0.717, 1.165) is 19.4 Å². The Bertz CT molecular complexity index is 866. The molecule has 2 N–H and O–H groups in total. The number of phenolic OH excluding ortho intramolecular Hbond substituents is 1. The maximum atomic E-state index is 12.4. The number of carbonyl (C=O) groups is 1. The molecular formula is C19H23NO6. The zero-order chi connectivity index (χ0) is 18.7. The van der Waals surface area contributed by atoms with Crippen molar-refractivity contribution in [3.63, 3.8) is 0 Å². The van der Waals surface area contributed by atoms with Gasteiger partial charge >= 0.3 is 11.6 Å². The van der Waals surface area contributed by atoms with Gasteiger partial charge in [-0.25, -0.2) is 4.79 Å². The molecular weight excluding hydrogens is 338 g/mol. The number of carbonyl (C=O) groups excluding carboxylic acids is 1. The molecule has 1 aliphatic heterocycles. The third kappa shape index (κ3) is 3.73. The quantitative estimate of drug-likeness (QED) is 0.598. The highest BCUT2D eigenvalue weighted by atomic mass is 16.5. The zero-order valence-corrected chi connectivity index (χ0v) is 15.0. The maximum absolute atomic E-state index is 12.4. The SMILES string of the molecule is COC(=O)Cc1c(C)c2ccc(O)c(CNC[C@@H]3CCCO3)c2oc1=O. The predicted molar refractivity (Wildman–Crippen MR) is 95.3 cm³/mol. The van der Waals surface area contributed by atoms with Gasteiger partial charge in [-0.3, -0.25) is 4.79 Å². The molecule has 1 aliphatic rings. The molecule has 0 aliphatic carbocycles. The second-order valence-corrected chi connectivity index (χ2v) is 6.45. The highest BCUT2D eigenvalue weighted by molar-refractivity contribution is 5.86. The number of aromatic hydroxyl groups is 1. The Balaban J connectivity index is 1.91. The first kappa shape index (κ1) is 18.4. The Kier molecular flexibility index (Phi) is 5.58. The van der Waals surface area contributed by atoms with Crippen molar-refractivity contribution in [2.45, 2.75) is 38.8 Å². The first-order valence-electron chi connectivity index (χ1n) is 8.67. The number of aryl methyl sites for hydroxylation is 1. The fraction of sp³-hybridized carbons (Fsp3) is 0.474. The number of nitrogens with one attached hydrogen (secondary N) is 1. The molecule has 1 aromatic heterocycles. The van der Waals surface area contributed by atoms with Crippen LogP contribution in [0.15, 0.2) is 21.3 Å². The molecule has 0 bridgehead atoms. The van der Waals surface area contributed by atoms with Crippen LogP contribution < -0.4 is 10.9 Å². The number of ether oxygens (including phenoxy) is 2. The van der Waals surface area contributed by atoms with Crippen LogP contribution in [0, 0.1) is 6.92 Å². The lowest BCUT2D eigenvalue weighted by atomic mass is 10.0. The number of fused-ring (bicyclic) bond motifs is 1. The highest BCUT2D eigenvalue weighted by Gasteiger charge is 2.19. The number of phenols is 1. The molecule has 26 heavy (non-hydrogen) atoms. The van der Waals surface area contributed by atoms with Gasteiger partial charge in [0.25, 0.3) is 0 Å². The molecule has 2 aromatic rings. The van der Waals surface area contributed by atoms with Gasteiger partial charge in [-0.1, -0.05) is 0 Å². The summed E-state index contributed by atoms with van der Waals surface area (Å²) in [7, 11) is 1.27. The van der Waals surface area contributed by atoms with E-state index in [9.17, 15) is 14.7 Å². The molecule has 0 radical (unpaired) electrons. The van der Waals surface area contributed by atoms with Crippen molar-refractivity contribution in [1.29, 1.82) is 0 Å². The van der Waals surface area contributed by atoms with Crippen molar-refractivity contribution in [2.75, 3.05) is 20.3 Å². The Morgan fingerprint density at radius 2 is 2.19 bits per heavy atom. The van der Waals surface area contributed by atoms with E-state index in [2.05, 4.69) is 10.1 Å². The second-order valence-electron chi connectivity index (χ2n) is 6.45. The molecule has 140 valence electrons. The number of hydrogen-bond acceptors (Lipinski definition) is 7. The van der Waals surface area contributed by atoms with Crippen LogP contribution in [-0.4, -0.2) is 37.4 Å². The van der Waals surface area contributed by atoms with Crippen molar-refractivity contribution in [3.05, 3.63) is 39.2 Å². The van der Waals surface area contributed by atoms with Crippen molar-refractivity contribution < 1.29 is 23.8 Å². The average Bonchev–Trinajstić information content (AvgIpc) is 3.13.